The van der Waals surface area contributed by atoms with Crippen LogP contribution >= 0.6 is 23.1 Å². The highest BCUT2D eigenvalue weighted by atomic mass is 32.2. The average molecular weight is 321 g/mol. The molecular formula is C15H19N3OS2. The van der Waals surface area contributed by atoms with E-state index >= 15 is 0 Å². The van der Waals surface area contributed by atoms with Gasteiger partial charge in [-0.05, 0) is 24.8 Å². The second kappa shape index (κ2) is 7.77. The van der Waals surface area contributed by atoms with Crippen molar-refractivity contribution < 1.29 is 4.74 Å². The third kappa shape index (κ3) is 4.69. The highest BCUT2D eigenvalue weighted by molar-refractivity contribution is 8.01. The Hall–Kier alpha value is -1.11. The third-order valence-corrected chi connectivity index (χ3v) is 5.50. The van der Waals surface area contributed by atoms with E-state index in [4.69, 9.17) is 4.74 Å². The van der Waals surface area contributed by atoms with Crippen molar-refractivity contribution >= 4 is 28.2 Å². The summed E-state index contributed by atoms with van der Waals surface area (Å²) in [5.74, 6) is 0.985. The Morgan fingerprint density at radius 3 is 3.00 bits per heavy atom. The van der Waals surface area contributed by atoms with Gasteiger partial charge in [0.2, 0.25) is 5.13 Å². The molecule has 2 heterocycles. The quantitative estimate of drug-likeness (QED) is 0.791. The molecule has 2 aromatic rings. The van der Waals surface area contributed by atoms with Gasteiger partial charge in [0, 0.05) is 18.9 Å². The minimum atomic E-state index is 0.397. The van der Waals surface area contributed by atoms with E-state index < -0.39 is 0 Å². The Balaban J connectivity index is 1.40. The first kappa shape index (κ1) is 14.8. The molecule has 4 nitrogen and oxygen atoms in total. The van der Waals surface area contributed by atoms with Gasteiger partial charge in [0.1, 0.15) is 0 Å². The lowest BCUT2D eigenvalue weighted by molar-refractivity contribution is 0.129. The van der Waals surface area contributed by atoms with Crippen LogP contribution in [0.15, 0.2) is 34.7 Å². The predicted octanol–water partition coefficient (Wildman–Crippen LogP) is 3.46. The zero-order chi connectivity index (χ0) is 14.3. The summed E-state index contributed by atoms with van der Waals surface area (Å²) in [6, 6.07) is 10.5. The lowest BCUT2D eigenvalue weighted by Gasteiger charge is -2.05. The van der Waals surface area contributed by atoms with Crippen LogP contribution in [0.3, 0.4) is 0 Å². The van der Waals surface area contributed by atoms with E-state index in [9.17, 15) is 0 Å². The molecule has 1 fully saturated rings. The van der Waals surface area contributed by atoms with E-state index in [0.29, 0.717) is 6.10 Å². The average Bonchev–Trinajstić information content (AvgIpc) is 3.18. The first-order valence-electron chi connectivity index (χ1n) is 7.26. The summed E-state index contributed by atoms with van der Waals surface area (Å²) in [4.78, 5) is 0. The van der Waals surface area contributed by atoms with Crippen LogP contribution in [-0.2, 0) is 11.2 Å². The molecular weight excluding hydrogens is 302 g/mol. The third-order valence-electron chi connectivity index (χ3n) is 3.36. The number of nitrogens with zero attached hydrogens (tertiary/aromatic N) is 2. The molecule has 1 atom stereocenters. The summed E-state index contributed by atoms with van der Waals surface area (Å²) in [5, 5.41) is 12.6. The number of thioether (sulfide) groups is 1. The maximum absolute atomic E-state index is 5.62. The van der Waals surface area contributed by atoms with Crippen LogP contribution in [0.4, 0.5) is 5.13 Å². The molecule has 21 heavy (non-hydrogen) atoms. The number of rotatable bonds is 7. The SMILES string of the molecule is c1ccc(CCNc2nnc(SCC3CCCO3)s2)cc1. The van der Waals surface area contributed by atoms with Gasteiger partial charge in [0.25, 0.3) is 0 Å². The smallest absolute Gasteiger partial charge is 0.206 e. The summed E-state index contributed by atoms with van der Waals surface area (Å²) < 4.78 is 6.64. The Labute approximate surface area is 133 Å². The summed E-state index contributed by atoms with van der Waals surface area (Å²) in [6.07, 6.45) is 3.76. The van der Waals surface area contributed by atoms with Crippen LogP contribution in [-0.4, -0.2) is 35.2 Å². The van der Waals surface area contributed by atoms with E-state index in [-0.39, 0.29) is 0 Å². The lowest BCUT2D eigenvalue weighted by Crippen LogP contribution is -2.07. The molecule has 0 bridgehead atoms. The van der Waals surface area contributed by atoms with E-state index in [2.05, 4.69) is 39.8 Å². The monoisotopic (exact) mass is 321 g/mol. The van der Waals surface area contributed by atoms with Crippen LogP contribution in [0, 0.1) is 0 Å². The highest BCUT2D eigenvalue weighted by Gasteiger charge is 2.16. The van der Waals surface area contributed by atoms with E-state index in [0.717, 1.165) is 34.8 Å². The van der Waals surface area contributed by atoms with E-state index in [1.165, 1.54) is 18.4 Å². The van der Waals surface area contributed by atoms with E-state index in [1.807, 2.05) is 6.07 Å². The van der Waals surface area contributed by atoms with Crippen molar-refractivity contribution in [2.24, 2.45) is 0 Å². The molecule has 0 amide bonds. The van der Waals surface area contributed by atoms with Gasteiger partial charge in [-0.2, -0.15) is 0 Å². The number of ether oxygens (including phenoxy) is 1. The van der Waals surface area contributed by atoms with Crippen LogP contribution in [0.5, 0.6) is 0 Å². The second-order valence-electron chi connectivity index (χ2n) is 4.98. The summed E-state index contributed by atoms with van der Waals surface area (Å²) in [5.41, 5.74) is 1.34. The molecule has 1 aliphatic heterocycles. The zero-order valence-corrected chi connectivity index (χ0v) is 13.5. The van der Waals surface area contributed by atoms with Crippen molar-refractivity contribution in [3.63, 3.8) is 0 Å². The number of hydrogen-bond donors (Lipinski definition) is 1. The summed E-state index contributed by atoms with van der Waals surface area (Å²) in [7, 11) is 0. The van der Waals surface area contributed by atoms with Gasteiger partial charge < -0.3 is 10.1 Å². The molecule has 1 saturated heterocycles. The molecule has 3 rings (SSSR count). The second-order valence-corrected chi connectivity index (χ2v) is 7.23. The Morgan fingerprint density at radius 1 is 1.29 bits per heavy atom. The number of benzene rings is 1. The van der Waals surface area contributed by atoms with Crippen LogP contribution < -0.4 is 5.32 Å². The fourth-order valence-corrected chi connectivity index (χ4v) is 4.11. The Morgan fingerprint density at radius 2 is 2.19 bits per heavy atom. The van der Waals surface area contributed by atoms with Crippen LogP contribution in [0.25, 0.3) is 0 Å². The topological polar surface area (TPSA) is 47.0 Å². The molecule has 1 unspecified atom stereocenters. The van der Waals surface area contributed by atoms with Gasteiger partial charge in [0.05, 0.1) is 6.10 Å². The normalized spacial score (nSPS) is 18.0. The highest BCUT2D eigenvalue weighted by Crippen LogP contribution is 2.28. The van der Waals surface area contributed by atoms with Gasteiger partial charge in [-0.1, -0.05) is 53.4 Å². The Kier molecular flexibility index (Phi) is 5.48. The predicted molar refractivity (Wildman–Crippen MR) is 88.2 cm³/mol. The van der Waals surface area contributed by atoms with E-state index in [1.54, 1.807) is 23.1 Å². The number of hydrogen-bond acceptors (Lipinski definition) is 6. The standard InChI is InChI=1S/C15H19N3OS2/c1-2-5-12(6-3-1)8-9-16-14-17-18-15(21-14)20-11-13-7-4-10-19-13/h1-3,5-6,13H,4,7-11H2,(H,16,17). The molecule has 0 saturated carbocycles. The first-order valence-corrected chi connectivity index (χ1v) is 9.06. The van der Waals surface area contributed by atoms with Crippen LogP contribution in [0.1, 0.15) is 18.4 Å². The number of anilines is 1. The minimum Gasteiger partial charge on any atom is -0.377 e. The summed E-state index contributed by atoms with van der Waals surface area (Å²) >= 11 is 3.37. The number of aromatic nitrogens is 2. The van der Waals surface area contributed by atoms with Crippen molar-refractivity contribution in [2.75, 3.05) is 24.2 Å². The fraction of sp³-hybridized carbons (Fsp3) is 0.467. The van der Waals surface area contributed by atoms with Gasteiger partial charge in [0.15, 0.2) is 4.34 Å². The van der Waals surface area contributed by atoms with Crippen molar-refractivity contribution in [1.82, 2.24) is 10.2 Å². The van der Waals surface area contributed by atoms with Gasteiger partial charge in [-0.3, -0.25) is 0 Å². The fourth-order valence-electron chi connectivity index (χ4n) is 2.24. The van der Waals surface area contributed by atoms with Gasteiger partial charge >= 0.3 is 0 Å². The molecule has 0 radical (unpaired) electrons. The lowest BCUT2D eigenvalue weighted by atomic mass is 10.2. The molecule has 112 valence electrons. The largest absolute Gasteiger partial charge is 0.377 e. The van der Waals surface area contributed by atoms with Crippen molar-refractivity contribution in [1.29, 1.82) is 0 Å². The van der Waals surface area contributed by atoms with Gasteiger partial charge in [-0.25, -0.2) is 0 Å². The Bertz CT molecular complexity index is 541. The molecule has 1 aromatic carbocycles. The zero-order valence-electron chi connectivity index (χ0n) is 11.8. The molecule has 6 heteroatoms. The maximum atomic E-state index is 5.62. The summed E-state index contributed by atoms with van der Waals surface area (Å²) in [6.45, 7) is 1.79. The molecule has 1 aliphatic rings. The minimum absolute atomic E-state index is 0.397. The van der Waals surface area contributed by atoms with Crippen molar-refractivity contribution in [2.45, 2.75) is 29.7 Å². The maximum Gasteiger partial charge on any atom is 0.206 e. The van der Waals surface area contributed by atoms with Crippen molar-refractivity contribution in [3.05, 3.63) is 35.9 Å². The van der Waals surface area contributed by atoms with Crippen LogP contribution in [0.2, 0.25) is 0 Å². The number of nitrogens with one attached hydrogen (secondary N) is 1. The molecule has 0 aliphatic carbocycles. The molecule has 1 N–H and O–H groups in total. The molecule has 0 spiro atoms. The van der Waals surface area contributed by atoms with Crippen molar-refractivity contribution in [3.8, 4) is 0 Å². The van der Waals surface area contributed by atoms with Gasteiger partial charge in [-0.15, -0.1) is 10.2 Å². The molecule has 1 aromatic heterocycles. The first-order chi connectivity index (χ1) is 10.4.